The fourth-order valence-electron chi connectivity index (χ4n) is 2.30. The Balaban J connectivity index is 2.27. The van der Waals surface area contributed by atoms with Crippen LogP contribution in [-0.4, -0.2) is 26.8 Å². The number of carbonyl (C=O) groups excluding carboxylic acids is 2. The molecule has 19 heavy (non-hydrogen) atoms. The van der Waals surface area contributed by atoms with Crippen molar-refractivity contribution in [3.8, 4) is 5.75 Å². The van der Waals surface area contributed by atoms with Gasteiger partial charge in [-0.3, -0.25) is 9.59 Å². The van der Waals surface area contributed by atoms with Crippen LogP contribution in [0.25, 0.3) is 0 Å². The highest BCUT2D eigenvalue weighted by Gasteiger charge is 2.34. The number of phenols is 1. The average molecular weight is 257 g/mol. The molecule has 1 aromatic carbocycles. The zero-order chi connectivity index (χ0) is 13.7. The number of carbonyl (C=O) groups is 2. The molecule has 1 unspecified atom stereocenters. The Labute approximate surface area is 108 Å². The molecule has 0 spiro atoms. The molecule has 1 aliphatic carbocycles. The maximum absolute atomic E-state index is 12.3. The van der Waals surface area contributed by atoms with Crippen molar-refractivity contribution in [3.63, 3.8) is 0 Å². The van der Waals surface area contributed by atoms with Crippen LogP contribution < -0.4 is 0 Å². The average Bonchev–Trinajstić information content (AvgIpc) is 2.81. The molecule has 96 valence electrons. The molecule has 0 amide bonds. The van der Waals surface area contributed by atoms with E-state index in [1.807, 2.05) is 0 Å². The minimum atomic E-state index is -0.803. The van der Waals surface area contributed by atoms with Gasteiger partial charge in [-0.05, 0) is 25.1 Å². The van der Waals surface area contributed by atoms with Gasteiger partial charge in [-0.1, -0.05) is 6.07 Å². The number of rotatable bonds is 1. The van der Waals surface area contributed by atoms with Crippen LogP contribution in [0.15, 0.2) is 24.3 Å². The van der Waals surface area contributed by atoms with Crippen molar-refractivity contribution in [2.45, 2.75) is 13.0 Å². The van der Waals surface area contributed by atoms with Crippen molar-refractivity contribution < 1.29 is 19.8 Å². The minimum absolute atomic E-state index is 0.0242. The Hall–Kier alpha value is -2.40. The molecule has 1 aromatic heterocycles. The van der Waals surface area contributed by atoms with E-state index >= 15 is 0 Å². The van der Waals surface area contributed by atoms with Gasteiger partial charge in [0, 0.05) is 11.3 Å². The van der Waals surface area contributed by atoms with E-state index < -0.39 is 11.9 Å². The molecule has 0 saturated heterocycles. The second-order valence-electron chi connectivity index (χ2n) is 4.55. The van der Waals surface area contributed by atoms with Gasteiger partial charge in [-0.15, -0.1) is 0 Å². The van der Waals surface area contributed by atoms with Crippen LogP contribution in [0, 0.1) is 0 Å². The summed E-state index contributed by atoms with van der Waals surface area (Å²) in [6.07, 6.45) is -0.803. The predicted molar refractivity (Wildman–Crippen MR) is 66.4 cm³/mol. The zero-order valence-electron chi connectivity index (χ0n) is 10.1. The maximum Gasteiger partial charge on any atom is 0.210 e. The molecule has 1 atom stereocenters. The number of aromatic nitrogens is 1. The topological polar surface area (TPSA) is 90.4 Å². The summed E-state index contributed by atoms with van der Waals surface area (Å²) < 4.78 is 0. The van der Waals surface area contributed by atoms with Crippen molar-refractivity contribution in [2.75, 3.05) is 0 Å². The Morgan fingerprint density at radius 2 is 1.89 bits per heavy atom. The van der Waals surface area contributed by atoms with Gasteiger partial charge in [0.2, 0.25) is 5.78 Å². The predicted octanol–water partition coefficient (Wildman–Crippen LogP) is 1.55. The lowest BCUT2D eigenvalue weighted by molar-refractivity contribution is 0.0974. The molecule has 1 aliphatic rings. The van der Waals surface area contributed by atoms with Gasteiger partial charge >= 0.3 is 0 Å². The Morgan fingerprint density at radius 3 is 2.58 bits per heavy atom. The third kappa shape index (κ3) is 1.52. The molecular formula is C14H11NO4. The molecule has 1 heterocycles. The minimum Gasteiger partial charge on any atom is -0.507 e. The molecule has 3 rings (SSSR count). The first-order chi connectivity index (χ1) is 9.00. The summed E-state index contributed by atoms with van der Waals surface area (Å²) in [5, 5.41) is 19.3. The molecule has 0 saturated carbocycles. The third-order valence-corrected chi connectivity index (χ3v) is 3.27. The summed E-state index contributed by atoms with van der Waals surface area (Å²) in [6, 6.07) is 5.84. The molecule has 3 N–H and O–H groups in total. The highest BCUT2D eigenvalue weighted by molar-refractivity contribution is 6.28. The molecule has 5 heteroatoms. The molecule has 0 radical (unpaired) electrons. The van der Waals surface area contributed by atoms with Crippen molar-refractivity contribution in [1.82, 2.24) is 4.98 Å². The lowest BCUT2D eigenvalue weighted by Crippen LogP contribution is -2.20. The quantitative estimate of drug-likeness (QED) is 0.617. The van der Waals surface area contributed by atoms with Crippen LogP contribution in [-0.2, 0) is 0 Å². The summed E-state index contributed by atoms with van der Waals surface area (Å²) in [4.78, 5) is 27.3. The van der Waals surface area contributed by atoms with Crippen molar-refractivity contribution in [1.29, 1.82) is 0 Å². The van der Waals surface area contributed by atoms with Gasteiger partial charge in [0.1, 0.15) is 5.75 Å². The number of hydrogen-bond donors (Lipinski definition) is 3. The smallest absolute Gasteiger partial charge is 0.210 e. The second kappa shape index (κ2) is 3.80. The van der Waals surface area contributed by atoms with Crippen molar-refractivity contribution in [3.05, 3.63) is 52.3 Å². The first-order valence-corrected chi connectivity index (χ1v) is 5.83. The van der Waals surface area contributed by atoms with E-state index in [9.17, 15) is 19.8 Å². The first kappa shape index (κ1) is 11.7. The largest absolute Gasteiger partial charge is 0.507 e. The molecular weight excluding hydrogens is 246 g/mol. The monoisotopic (exact) mass is 257 g/mol. The Bertz CT molecular complexity index is 712. The third-order valence-electron chi connectivity index (χ3n) is 3.27. The fraction of sp³-hybridized carbons (Fsp3) is 0.143. The van der Waals surface area contributed by atoms with E-state index in [0.717, 1.165) is 0 Å². The standard InChI is InChI=1S/C14H11NO4/c1-6(16)9-5-8-12(15-9)14(19)7-3-2-4-10(17)11(7)13(8)18/h2-6,15-17H,1H3. The van der Waals surface area contributed by atoms with Crippen LogP contribution in [0.3, 0.4) is 0 Å². The summed E-state index contributed by atoms with van der Waals surface area (Å²) >= 11 is 0. The van der Waals surface area contributed by atoms with E-state index in [1.165, 1.54) is 31.2 Å². The van der Waals surface area contributed by atoms with Gasteiger partial charge in [0.05, 0.1) is 22.9 Å². The van der Waals surface area contributed by atoms with Crippen LogP contribution in [0.5, 0.6) is 5.75 Å². The Kier molecular flexibility index (Phi) is 2.33. The highest BCUT2D eigenvalue weighted by atomic mass is 16.3. The summed E-state index contributed by atoms with van der Waals surface area (Å²) in [5.41, 5.74) is 0.959. The van der Waals surface area contributed by atoms with Crippen molar-refractivity contribution in [2.24, 2.45) is 0 Å². The van der Waals surface area contributed by atoms with E-state index in [1.54, 1.807) is 0 Å². The number of ketones is 2. The van der Waals surface area contributed by atoms with E-state index in [2.05, 4.69) is 4.98 Å². The summed E-state index contributed by atoms with van der Waals surface area (Å²) in [7, 11) is 0. The van der Waals surface area contributed by atoms with Crippen LogP contribution in [0.2, 0.25) is 0 Å². The van der Waals surface area contributed by atoms with E-state index in [4.69, 9.17) is 0 Å². The number of aromatic amines is 1. The number of aliphatic hydroxyl groups is 1. The fourth-order valence-corrected chi connectivity index (χ4v) is 2.30. The van der Waals surface area contributed by atoms with Gasteiger partial charge in [-0.25, -0.2) is 0 Å². The lowest BCUT2D eigenvalue weighted by Gasteiger charge is -2.14. The Morgan fingerprint density at radius 1 is 1.16 bits per heavy atom. The summed E-state index contributed by atoms with van der Waals surface area (Å²) in [6.45, 7) is 1.54. The second-order valence-corrected chi connectivity index (χ2v) is 4.55. The van der Waals surface area contributed by atoms with Gasteiger partial charge in [0.25, 0.3) is 0 Å². The lowest BCUT2D eigenvalue weighted by atomic mass is 9.87. The van der Waals surface area contributed by atoms with Gasteiger partial charge in [0.15, 0.2) is 5.78 Å². The number of phenolic OH excluding ortho intramolecular Hbond substituents is 1. The number of fused-ring (bicyclic) bond motifs is 2. The van der Waals surface area contributed by atoms with E-state index in [-0.39, 0.29) is 33.9 Å². The maximum atomic E-state index is 12.3. The first-order valence-electron chi connectivity index (χ1n) is 5.83. The van der Waals surface area contributed by atoms with Gasteiger partial charge in [-0.2, -0.15) is 0 Å². The van der Waals surface area contributed by atoms with Crippen LogP contribution >= 0.6 is 0 Å². The number of aliphatic hydroxyl groups excluding tert-OH is 1. The SMILES string of the molecule is CC(O)c1cc2c([nH]1)C(=O)c1cccc(O)c1C2=O. The molecule has 2 aromatic rings. The van der Waals surface area contributed by atoms with Crippen LogP contribution in [0.4, 0.5) is 0 Å². The number of benzene rings is 1. The number of aromatic hydroxyl groups is 1. The number of nitrogens with one attached hydrogen (secondary N) is 1. The number of hydrogen-bond acceptors (Lipinski definition) is 4. The molecule has 0 fully saturated rings. The molecule has 0 bridgehead atoms. The normalized spacial score (nSPS) is 15.1. The van der Waals surface area contributed by atoms with Crippen molar-refractivity contribution >= 4 is 11.6 Å². The van der Waals surface area contributed by atoms with E-state index in [0.29, 0.717) is 5.69 Å². The van der Waals surface area contributed by atoms with Gasteiger partial charge < -0.3 is 15.2 Å². The molecule has 5 nitrogen and oxygen atoms in total. The number of H-pyrrole nitrogens is 1. The molecule has 0 aliphatic heterocycles. The zero-order valence-corrected chi connectivity index (χ0v) is 10.1. The summed E-state index contributed by atoms with van der Waals surface area (Å²) in [5.74, 6) is -0.973. The highest BCUT2D eigenvalue weighted by Crippen LogP contribution is 2.33. The van der Waals surface area contributed by atoms with Crippen LogP contribution in [0.1, 0.15) is 50.7 Å².